The molecule has 0 aliphatic heterocycles. The molecule has 3 aromatic carbocycles. The Morgan fingerprint density at radius 1 is 0.471 bits per heavy atom. The highest BCUT2D eigenvalue weighted by atomic mass is 31.1. The number of benzene rings is 3. The molecule has 0 spiro atoms. The minimum atomic E-state index is -0.626. The quantitative estimate of drug-likeness (QED) is 0.276. The molecule has 0 fully saturated rings. The second kappa shape index (κ2) is 11.7. The molecule has 3 rings (SSSR count). The van der Waals surface area contributed by atoms with E-state index < -0.39 is 7.92 Å². The van der Waals surface area contributed by atoms with Gasteiger partial charge in [-0.2, -0.15) is 0 Å². The molecule has 0 saturated heterocycles. The van der Waals surface area contributed by atoms with Gasteiger partial charge in [-0.15, -0.1) is 0 Å². The van der Waals surface area contributed by atoms with Crippen molar-refractivity contribution in [2.24, 2.45) is 0 Å². The molecule has 1 heteroatoms. The molecule has 0 aliphatic rings. The summed E-state index contributed by atoms with van der Waals surface area (Å²) in [6.07, 6.45) is 7.17. The summed E-state index contributed by atoms with van der Waals surface area (Å²) >= 11 is 0. The van der Waals surface area contributed by atoms with E-state index in [-0.39, 0.29) is 0 Å². The zero-order valence-corrected chi connectivity index (χ0v) is 24.0. The Morgan fingerprint density at radius 3 is 1.38 bits per heavy atom. The van der Waals surface area contributed by atoms with Gasteiger partial charge < -0.3 is 0 Å². The third-order valence-electron chi connectivity index (χ3n) is 7.80. The molecule has 0 N–H and O–H groups in total. The SMILES string of the molecule is CCCc1ccc(P(c2ccc(C)c(C)c2C)c2ccc(C)c(C)c2C)c(CCC)c1CCC. The molecule has 0 unspecified atom stereocenters. The number of hydrogen-bond donors (Lipinski definition) is 0. The molecule has 0 atom stereocenters. The van der Waals surface area contributed by atoms with Crippen molar-refractivity contribution in [3.63, 3.8) is 0 Å². The maximum absolute atomic E-state index is 2.52. The number of aryl methyl sites for hydroxylation is 3. The number of rotatable bonds is 9. The Kier molecular flexibility index (Phi) is 9.17. The van der Waals surface area contributed by atoms with Crippen molar-refractivity contribution >= 4 is 23.8 Å². The van der Waals surface area contributed by atoms with E-state index in [9.17, 15) is 0 Å². The largest absolute Gasteiger partial charge is 0.0651 e. The molecule has 0 nitrogen and oxygen atoms in total. The van der Waals surface area contributed by atoms with Crippen molar-refractivity contribution < 1.29 is 0 Å². The maximum Gasteiger partial charge on any atom is -0.0116 e. The van der Waals surface area contributed by atoms with Crippen LogP contribution in [0.25, 0.3) is 0 Å². The summed E-state index contributed by atoms with van der Waals surface area (Å²) < 4.78 is 0. The van der Waals surface area contributed by atoms with Crippen molar-refractivity contribution in [2.45, 2.75) is 101 Å². The third kappa shape index (κ3) is 5.18. The summed E-state index contributed by atoms with van der Waals surface area (Å²) in [4.78, 5) is 0. The topological polar surface area (TPSA) is 0 Å². The molecule has 0 bridgehead atoms. The highest BCUT2D eigenvalue weighted by Crippen LogP contribution is 2.40. The van der Waals surface area contributed by atoms with Crippen LogP contribution in [-0.4, -0.2) is 0 Å². The van der Waals surface area contributed by atoms with Gasteiger partial charge in [0.1, 0.15) is 0 Å². The van der Waals surface area contributed by atoms with Gasteiger partial charge in [0, 0.05) is 0 Å². The minimum absolute atomic E-state index is 0.626. The Labute approximate surface area is 211 Å². The zero-order chi connectivity index (χ0) is 25.0. The lowest BCUT2D eigenvalue weighted by atomic mass is 9.92. The zero-order valence-electron chi connectivity index (χ0n) is 23.2. The summed E-state index contributed by atoms with van der Waals surface area (Å²) in [7, 11) is -0.626. The van der Waals surface area contributed by atoms with E-state index in [0.717, 1.165) is 0 Å². The number of hydrogen-bond acceptors (Lipinski definition) is 0. The Balaban J connectivity index is 2.42. The first-order valence-electron chi connectivity index (χ1n) is 13.3. The molecule has 182 valence electrons. The van der Waals surface area contributed by atoms with Crippen LogP contribution in [0.5, 0.6) is 0 Å². The van der Waals surface area contributed by atoms with E-state index in [2.05, 4.69) is 98.7 Å². The van der Waals surface area contributed by atoms with Crippen molar-refractivity contribution in [1.82, 2.24) is 0 Å². The van der Waals surface area contributed by atoms with Gasteiger partial charge >= 0.3 is 0 Å². The van der Waals surface area contributed by atoms with Gasteiger partial charge in [-0.05, 0) is 135 Å². The molecule has 0 amide bonds. The average Bonchev–Trinajstić information content (AvgIpc) is 2.82. The van der Waals surface area contributed by atoms with Crippen LogP contribution in [0.2, 0.25) is 0 Å². The first kappa shape index (κ1) is 26.7. The lowest BCUT2D eigenvalue weighted by molar-refractivity contribution is 0.829. The molecule has 0 radical (unpaired) electrons. The Morgan fingerprint density at radius 2 is 0.912 bits per heavy atom. The van der Waals surface area contributed by atoms with Crippen LogP contribution in [-0.2, 0) is 19.3 Å². The van der Waals surface area contributed by atoms with Gasteiger partial charge in [0.2, 0.25) is 0 Å². The van der Waals surface area contributed by atoms with Gasteiger partial charge in [-0.25, -0.2) is 0 Å². The second-order valence-electron chi connectivity index (χ2n) is 10.1. The summed E-state index contributed by atoms with van der Waals surface area (Å²) in [5.41, 5.74) is 13.5. The molecule has 34 heavy (non-hydrogen) atoms. The molecular weight excluding hydrogens is 427 g/mol. The third-order valence-corrected chi connectivity index (χ3v) is 10.6. The maximum atomic E-state index is 2.52. The highest BCUT2D eigenvalue weighted by Gasteiger charge is 2.26. The predicted molar refractivity (Wildman–Crippen MR) is 156 cm³/mol. The van der Waals surface area contributed by atoms with Crippen LogP contribution in [0.3, 0.4) is 0 Å². The summed E-state index contributed by atoms with van der Waals surface area (Å²) in [6, 6.07) is 14.6. The fraction of sp³-hybridized carbons (Fsp3) is 0.455. The van der Waals surface area contributed by atoms with Gasteiger partial charge in [0.15, 0.2) is 0 Å². The van der Waals surface area contributed by atoms with E-state index in [0.29, 0.717) is 0 Å². The van der Waals surface area contributed by atoms with Crippen LogP contribution < -0.4 is 15.9 Å². The van der Waals surface area contributed by atoms with Gasteiger partial charge in [-0.3, -0.25) is 0 Å². The fourth-order valence-electron chi connectivity index (χ4n) is 5.29. The first-order chi connectivity index (χ1) is 16.3. The lowest BCUT2D eigenvalue weighted by Crippen LogP contribution is -2.28. The Bertz CT molecular complexity index is 1090. The van der Waals surface area contributed by atoms with E-state index in [4.69, 9.17) is 0 Å². The smallest absolute Gasteiger partial charge is 0.0116 e. The molecular formula is C33H45P. The second-order valence-corrected chi connectivity index (χ2v) is 12.2. The summed E-state index contributed by atoms with van der Waals surface area (Å²) in [6.45, 7) is 20.8. The van der Waals surface area contributed by atoms with E-state index >= 15 is 0 Å². The van der Waals surface area contributed by atoms with Crippen LogP contribution >= 0.6 is 7.92 Å². The van der Waals surface area contributed by atoms with Crippen LogP contribution in [0.1, 0.15) is 90.1 Å². The monoisotopic (exact) mass is 472 g/mol. The van der Waals surface area contributed by atoms with Gasteiger partial charge in [0.25, 0.3) is 0 Å². The van der Waals surface area contributed by atoms with E-state index in [1.54, 1.807) is 22.0 Å². The normalized spacial score (nSPS) is 11.5. The molecule has 0 aliphatic carbocycles. The van der Waals surface area contributed by atoms with Gasteiger partial charge in [0.05, 0.1) is 0 Å². The van der Waals surface area contributed by atoms with Crippen LogP contribution in [0, 0.1) is 41.5 Å². The average molecular weight is 473 g/mol. The van der Waals surface area contributed by atoms with Crippen LogP contribution in [0.4, 0.5) is 0 Å². The summed E-state index contributed by atoms with van der Waals surface area (Å²) in [5, 5.41) is 4.66. The van der Waals surface area contributed by atoms with Gasteiger partial charge in [-0.1, -0.05) is 76.4 Å². The standard InChI is InChI=1S/C33H45P/c1-10-13-28-18-21-33(30(15-12-3)29(28)14-11-2)34(31-19-16-22(4)24(6)26(31)8)32-20-17-23(5)25(7)27(32)9/h16-21H,10-15H2,1-9H3. The minimum Gasteiger partial charge on any atom is -0.0651 e. The predicted octanol–water partition coefficient (Wildman–Crippen LogP) is 8.15. The van der Waals surface area contributed by atoms with E-state index in [1.165, 1.54) is 82.5 Å². The summed E-state index contributed by atoms with van der Waals surface area (Å²) in [5.74, 6) is 0. The van der Waals surface area contributed by atoms with E-state index in [1.807, 2.05) is 0 Å². The highest BCUT2D eigenvalue weighted by molar-refractivity contribution is 7.80. The van der Waals surface area contributed by atoms with Crippen molar-refractivity contribution in [1.29, 1.82) is 0 Å². The van der Waals surface area contributed by atoms with Crippen molar-refractivity contribution in [2.75, 3.05) is 0 Å². The molecule has 3 aromatic rings. The molecule has 0 aromatic heterocycles. The fourth-order valence-corrected chi connectivity index (χ4v) is 8.26. The lowest BCUT2D eigenvalue weighted by Gasteiger charge is -2.29. The van der Waals surface area contributed by atoms with Crippen molar-refractivity contribution in [3.05, 3.63) is 86.5 Å². The Hall–Kier alpha value is -1.91. The van der Waals surface area contributed by atoms with Crippen LogP contribution in [0.15, 0.2) is 36.4 Å². The van der Waals surface area contributed by atoms with Crippen molar-refractivity contribution in [3.8, 4) is 0 Å². The first-order valence-corrected chi connectivity index (χ1v) is 14.7. The molecule has 0 heterocycles. The molecule has 0 saturated carbocycles.